The summed E-state index contributed by atoms with van der Waals surface area (Å²) < 4.78 is 29.8. The van der Waals surface area contributed by atoms with Crippen molar-refractivity contribution in [2.45, 2.75) is 57.1 Å². The van der Waals surface area contributed by atoms with Crippen LogP contribution in [0.4, 0.5) is 0 Å². The van der Waals surface area contributed by atoms with Crippen molar-refractivity contribution in [3.8, 4) is 0 Å². The molecule has 1 fully saturated rings. The van der Waals surface area contributed by atoms with Gasteiger partial charge in [0.05, 0.1) is 22.5 Å². The largest absolute Gasteiger partial charge is 0.327 e. The average molecular weight is 461 g/mol. The average Bonchev–Trinajstić information content (AvgIpc) is 3.15. The zero-order valence-electron chi connectivity index (χ0n) is 18.0. The van der Waals surface area contributed by atoms with Gasteiger partial charge in [-0.3, -0.25) is 0 Å². The predicted molar refractivity (Wildman–Crippen MR) is 125 cm³/mol. The van der Waals surface area contributed by atoms with E-state index in [4.69, 9.17) is 16.6 Å². The van der Waals surface area contributed by atoms with Gasteiger partial charge in [0.25, 0.3) is 0 Å². The van der Waals surface area contributed by atoms with Crippen LogP contribution in [0.3, 0.4) is 0 Å². The molecule has 0 amide bonds. The van der Waals surface area contributed by atoms with Crippen LogP contribution in [0, 0.1) is 0 Å². The first-order chi connectivity index (χ1) is 14.9. The van der Waals surface area contributed by atoms with E-state index in [1.165, 1.54) is 0 Å². The van der Waals surface area contributed by atoms with Crippen molar-refractivity contribution in [2.24, 2.45) is 0 Å². The standard InChI is InChI=1S/C23H29ClN4O2S/c1-3-28-22-12-11-18(31(29,30)27-13-7-4-8-14-27)15-21(22)26-23(28)16-25-17(2)19-9-5-6-10-20(19)24/h5-6,9-12,15,17,25H,3-4,7-8,13-14,16H2,1-2H3/t17-/m0/s1. The number of aromatic nitrogens is 2. The minimum Gasteiger partial charge on any atom is -0.327 e. The predicted octanol–water partition coefficient (Wildman–Crippen LogP) is 4.74. The summed E-state index contributed by atoms with van der Waals surface area (Å²) in [6, 6.07) is 13.2. The minimum atomic E-state index is -3.48. The fourth-order valence-electron chi connectivity index (χ4n) is 4.24. The highest BCUT2D eigenvalue weighted by Gasteiger charge is 2.26. The fraction of sp³-hybridized carbons (Fsp3) is 0.435. The molecule has 1 aromatic heterocycles. The molecule has 0 unspecified atom stereocenters. The van der Waals surface area contributed by atoms with Gasteiger partial charge < -0.3 is 9.88 Å². The van der Waals surface area contributed by atoms with Crippen molar-refractivity contribution >= 4 is 32.7 Å². The van der Waals surface area contributed by atoms with E-state index in [0.717, 1.165) is 47.7 Å². The first kappa shape index (κ1) is 22.3. The molecule has 3 aromatic rings. The molecule has 0 radical (unpaired) electrons. The summed E-state index contributed by atoms with van der Waals surface area (Å²) >= 11 is 6.33. The number of aryl methyl sites for hydroxylation is 1. The Morgan fingerprint density at radius 1 is 1.13 bits per heavy atom. The van der Waals surface area contributed by atoms with Gasteiger partial charge in [-0.25, -0.2) is 13.4 Å². The van der Waals surface area contributed by atoms with Crippen molar-refractivity contribution in [3.63, 3.8) is 0 Å². The van der Waals surface area contributed by atoms with Crippen molar-refractivity contribution < 1.29 is 8.42 Å². The Labute approximate surface area is 189 Å². The van der Waals surface area contributed by atoms with Gasteiger partial charge in [0, 0.05) is 30.7 Å². The minimum absolute atomic E-state index is 0.0638. The quantitative estimate of drug-likeness (QED) is 0.553. The molecular weight excluding hydrogens is 432 g/mol. The SMILES string of the molecule is CCn1c(CN[C@@H](C)c2ccccc2Cl)nc2cc(S(=O)(=O)N3CCCCC3)ccc21. The Morgan fingerprint density at radius 3 is 2.58 bits per heavy atom. The van der Waals surface area contributed by atoms with E-state index in [9.17, 15) is 8.42 Å². The first-order valence-corrected chi connectivity index (χ1v) is 12.7. The molecule has 8 heteroatoms. The topological polar surface area (TPSA) is 67.2 Å². The summed E-state index contributed by atoms with van der Waals surface area (Å²) in [5.41, 5.74) is 2.70. The molecule has 0 spiro atoms. The van der Waals surface area contributed by atoms with Crippen molar-refractivity contribution in [1.82, 2.24) is 19.2 Å². The zero-order valence-corrected chi connectivity index (χ0v) is 19.6. The lowest BCUT2D eigenvalue weighted by Gasteiger charge is -2.25. The van der Waals surface area contributed by atoms with Crippen molar-refractivity contribution in [3.05, 3.63) is 58.9 Å². The number of piperidine rings is 1. The number of rotatable bonds is 7. The molecule has 1 aliphatic rings. The number of nitrogens with zero attached hydrogens (tertiary/aromatic N) is 3. The Balaban J connectivity index is 1.59. The Bertz CT molecular complexity index is 1170. The molecule has 1 aliphatic heterocycles. The van der Waals surface area contributed by atoms with Crippen molar-refractivity contribution in [2.75, 3.05) is 13.1 Å². The molecule has 0 saturated carbocycles. The van der Waals surface area contributed by atoms with E-state index in [1.54, 1.807) is 16.4 Å². The normalized spacial score (nSPS) is 16.6. The van der Waals surface area contributed by atoms with E-state index in [2.05, 4.69) is 23.7 Å². The number of imidazole rings is 1. The van der Waals surface area contributed by atoms with E-state index >= 15 is 0 Å². The Kier molecular flexibility index (Phi) is 6.67. The van der Waals surface area contributed by atoms with Crippen LogP contribution in [0.5, 0.6) is 0 Å². The van der Waals surface area contributed by atoms with Gasteiger partial charge in [0.1, 0.15) is 5.82 Å². The summed E-state index contributed by atoms with van der Waals surface area (Å²) in [7, 11) is -3.48. The van der Waals surface area contributed by atoms with Crippen LogP contribution in [0.2, 0.25) is 5.02 Å². The molecule has 0 bridgehead atoms. The third-order valence-electron chi connectivity index (χ3n) is 6.01. The molecule has 31 heavy (non-hydrogen) atoms. The third-order valence-corrected chi connectivity index (χ3v) is 8.24. The van der Waals surface area contributed by atoms with Gasteiger partial charge >= 0.3 is 0 Å². The number of hydrogen-bond donors (Lipinski definition) is 1. The van der Waals surface area contributed by atoms with E-state index in [-0.39, 0.29) is 6.04 Å². The van der Waals surface area contributed by atoms with Gasteiger partial charge in [-0.1, -0.05) is 36.2 Å². The summed E-state index contributed by atoms with van der Waals surface area (Å²) in [5.74, 6) is 0.879. The van der Waals surface area contributed by atoms with E-state index in [0.29, 0.717) is 30.0 Å². The molecule has 6 nitrogen and oxygen atoms in total. The van der Waals surface area contributed by atoms with E-state index in [1.807, 2.05) is 30.3 Å². The smallest absolute Gasteiger partial charge is 0.243 e. The van der Waals surface area contributed by atoms with Crippen LogP contribution in [0.1, 0.15) is 50.5 Å². The highest BCUT2D eigenvalue weighted by Crippen LogP contribution is 2.26. The number of hydrogen-bond acceptors (Lipinski definition) is 4. The van der Waals surface area contributed by atoms with Gasteiger partial charge in [0.15, 0.2) is 0 Å². The first-order valence-electron chi connectivity index (χ1n) is 10.9. The van der Waals surface area contributed by atoms with Gasteiger partial charge in [0.2, 0.25) is 10.0 Å². The zero-order chi connectivity index (χ0) is 22.0. The Hall–Kier alpha value is -1.93. The summed E-state index contributed by atoms with van der Waals surface area (Å²) in [4.78, 5) is 5.10. The maximum Gasteiger partial charge on any atom is 0.243 e. The van der Waals surface area contributed by atoms with Gasteiger partial charge in [-0.2, -0.15) is 4.31 Å². The Morgan fingerprint density at radius 2 is 1.87 bits per heavy atom. The third kappa shape index (κ3) is 4.51. The summed E-state index contributed by atoms with van der Waals surface area (Å²) in [6.45, 7) is 6.65. The van der Waals surface area contributed by atoms with Crippen molar-refractivity contribution in [1.29, 1.82) is 0 Å². The maximum absolute atomic E-state index is 13.1. The maximum atomic E-state index is 13.1. The highest BCUT2D eigenvalue weighted by molar-refractivity contribution is 7.89. The number of benzene rings is 2. The second kappa shape index (κ2) is 9.28. The van der Waals surface area contributed by atoms with Crippen LogP contribution < -0.4 is 5.32 Å². The molecule has 2 aromatic carbocycles. The molecular formula is C23H29ClN4O2S. The van der Waals surface area contributed by atoms with E-state index < -0.39 is 10.0 Å². The summed E-state index contributed by atoms with van der Waals surface area (Å²) in [6.07, 6.45) is 2.94. The van der Waals surface area contributed by atoms with Gasteiger partial charge in [-0.15, -0.1) is 0 Å². The molecule has 0 aliphatic carbocycles. The number of nitrogens with one attached hydrogen (secondary N) is 1. The molecule has 1 atom stereocenters. The lowest BCUT2D eigenvalue weighted by Crippen LogP contribution is -2.35. The van der Waals surface area contributed by atoms with Crippen LogP contribution in [0.15, 0.2) is 47.4 Å². The van der Waals surface area contributed by atoms with Crippen LogP contribution in [-0.2, 0) is 23.1 Å². The highest BCUT2D eigenvalue weighted by atomic mass is 35.5. The fourth-order valence-corrected chi connectivity index (χ4v) is 6.08. The van der Waals surface area contributed by atoms with Crippen LogP contribution in [-0.4, -0.2) is 35.4 Å². The van der Waals surface area contributed by atoms with Crippen LogP contribution >= 0.6 is 11.6 Å². The van der Waals surface area contributed by atoms with Crippen LogP contribution in [0.25, 0.3) is 11.0 Å². The van der Waals surface area contributed by atoms with Gasteiger partial charge in [-0.05, 0) is 56.5 Å². The monoisotopic (exact) mass is 460 g/mol. The molecule has 1 N–H and O–H groups in total. The molecule has 166 valence electrons. The molecule has 2 heterocycles. The number of sulfonamides is 1. The second-order valence-electron chi connectivity index (χ2n) is 8.01. The number of halogens is 1. The lowest BCUT2D eigenvalue weighted by molar-refractivity contribution is 0.346. The molecule has 1 saturated heterocycles. The number of fused-ring (bicyclic) bond motifs is 1. The molecule has 4 rings (SSSR count). The second-order valence-corrected chi connectivity index (χ2v) is 10.4. The lowest BCUT2D eigenvalue weighted by atomic mass is 10.1. The summed E-state index contributed by atoms with van der Waals surface area (Å²) in [5, 5.41) is 4.23.